The van der Waals surface area contributed by atoms with Crippen molar-refractivity contribution in [3.05, 3.63) is 71.8 Å². The number of piperidine rings is 1. The van der Waals surface area contributed by atoms with Crippen molar-refractivity contribution < 1.29 is 8.42 Å². The Bertz CT molecular complexity index is 1260. The van der Waals surface area contributed by atoms with Crippen molar-refractivity contribution in [1.29, 1.82) is 0 Å². The molecule has 2 heterocycles. The highest BCUT2D eigenvalue weighted by Crippen LogP contribution is 2.42. The number of fused-ring (bicyclic) bond motifs is 1. The number of aryl methyl sites for hydroxylation is 1. The molecule has 0 N–H and O–H groups in total. The second-order valence-corrected chi connectivity index (χ2v) is 11.5. The zero-order valence-corrected chi connectivity index (χ0v) is 19.2. The molecule has 3 aromatic carbocycles. The number of likely N-dealkylation sites (tertiary alicyclic amines) is 1. The van der Waals surface area contributed by atoms with Gasteiger partial charge in [-0.05, 0) is 85.7 Å². The Balaban J connectivity index is 1.08. The van der Waals surface area contributed by atoms with Crippen LogP contribution in [0, 0.1) is 5.92 Å². The van der Waals surface area contributed by atoms with Crippen molar-refractivity contribution in [3.8, 4) is 0 Å². The first kappa shape index (κ1) is 20.3. The van der Waals surface area contributed by atoms with Crippen LogP contribution in [0.1, 0.15) is 42.7 Å². The van der Waals surface area contributed by atoms with E-state index >= 15 is 0 Å². The summed E-state index contributed by atoms with van der Waals surface area (Å²) >= 11 is 0. The molecule has 0 aromatic heterocycles. The Kier molecular flexibility index (Phi) is 4.99. The zero-order valence-electron chi connectivity index (χ0n) is 18.4. The molecule has 1 atom stereocenters. The smallest absolute Gasteiger partial charge is 0.265 e. The van der Waals surface area contributed by atoms with E-state index in [-0.39, 0.29) is 0 Å². The minimum absolute atomic E-state index is 0.459. The highest BCUT2D eigenvalue weighted by Gasteiger charge is 2.35. The molecule has 1 aliphatic carbocycles. The minimum atomic E-state index is -3.45. The Morgan fingerprint density at radius 2 is 1.62 bits per heavy atom. The van der Waals surface area contributed by atoms with E-state index in [0.29, 0.717) is 11.4 Å². The maximum Gasteiger partial charge on any atom is 0.265 e. The van der Waals surface area contributed by atoms with Crippen LogP contribution >= 0.6 is 0 Å². The van der Waals surface area contributed by atoms with Crippen LogP contribution in [0.5, 0.6) is 0 Å². The number of sulfonamides is 1. The van der Waals surface area contributed by atoms with Gasteiger partial charge in [0.1, 0.15) is 0 Å². The third-order valence-corrected chi connectivity index (χ3v) is 9.74. The maximum atomic E-state index is 13.2. The molecule has 1 saturated heterocycles. The Labute approximate surface area is 190 Å². The normalized spacial score (nSPS) is 22.5. The zero-order chi connectivity index (χ0) is 21.7. The molecular weight excluding hydrogens is 416 g/mol. The lowest BCUT2D eigenvalue weighted by Crippen LogP contribution is -2.40. The quantitative estimate of drug-likeness (QED) is 0.542. The Hall–Kier alpha value is -2.37. The number of anilines is 1. The van der Waals surface area contributed by atoms with Gasteiger partial charge in [0.25, 0.3) is 10.0 Å². The summed E-state index contributed by atoms with van der Waals surface area (Å²) < 4.78 is 28.0. The first-order valence-corrected chi connectivity index (χ1v) is 13.4. The first-order valence-electron chi connectivity index (χ1n) is 12.0. The van der Waals surface area contributed by atoms with Gasteiger partial charge in [-0.2, -0.15) is 0 Å². The summed E-state index contributed by atoms with van der Waals surface area (Å²) in [4.78, 5) is 2.92. The monoisotopic (exact) mass is 446 g/mol. The Morgan fingerprint density at radius 1 is 0.844 bits per heavy atom. The summed E-state index contributed by atoms with van der Waals surface area (Å²) in [6, 6.07) is 20.5. The molecule has 0 spiro atoms. The third-order valence-electron chi connectivity index (χ3n) is 7.88. The van der Waals surface area contributed by atoms with Gasteiger partial charge in [0, 0.05) is 18.5 Å². The number of rotatable bonds is 5. The second kappa shape index (κ2) is 7.89. The lowest BCUT2D eigenvalue weighted by atomic mass is 9.84. The number of nitrogens with zero attached hydrogens (tertiary/aromatic N) is 2. The summed E-state index contributed by atoms with van der Waals surface area (Å²) in [5.74, 6) is 1.52. The summed E-state index contributed by atoms with van der Waals surface area (Å²) in [7, 11) is -3.45. The van der Waals surface area contributed by atoms with Gasteiger partial charge < -0.3 is 4.90 Å². The van der Waals surface area contributed by atoms with Gasteiger partial charge in [-0.3, -0.25) is 4.31 Å². The fraction of sp³-hybridized carbons (Fsp3) is 0.407. The average molecular weight is 447 g/mol. The summed E-state index contributed by atoms with van der Waals surface area (Å²) in [5, 5.41) is 1.88. The molecule has 166 valence electrons. The highest BCUT2D eigenvalue weighted by atomic mass is 32.2. The number of benzene rings is 3. The van der Waals surface area contributed by atoms with E-state index in [9.17, 15) is 8.42 Å². The summed E-state index contributed by atoms with van der Waals surface area (Å²) in [6.45, 7) is 3.47. The molecule has 5 heteroatoms. The molecule has 32 heavy (non-hydrogen) atoms. The van der Waals surface area contributed by atoms with Crippen LogP contribution in [0.2, 0.25) is 0 Å². The van der Waals surface area contributed by atoms with E-state index in [4.69, 9.17) is 0 Å². The van der Waals surface area contributed by atoms with E-state index in [1.165, 1.54) is 32.1 Å². The van der Waals surface area contributed by atoms with Crippen molar-refractivity contribution in [2.24, 2.45) is 5.92 Å². The molecule has 1 unspecified atom stereocenters. The Morgan fingerprint density at radius 3 is 2.47 bits per heavy atom. The van der Waals surface area contributed by atoms with Crippen molar-refractivity contribution >= 4 is 26.5 Å². The highest BCUT2D eigenvalue weighted by molar-refractivity contribution is 7.93. The van der Waals surface area contributed by atoms with E-state index in [0.717, 1.165) is 47.9 Å². The van der Waals surface area contributed by atoms with Crippen LogP contribution in [0.25, 0.3) is 10.8 Å². The summed E-state index contributed by atoms with van der Waals surface area (Å²) in [6.07, 6.45) is 6.29. The van der Waals surface area contributed by atoms with E-state index in [1.807, 2.05) is 30.3 Å². The number of hydrogen-bond acceptors (Lipinski definition) is 3. The molecule has 0 amide bonds. The van der Waals surface area contributed by atoms with Crippen LogP contribution in [0.3, 0.4) is 0 Å². The molecule has 3 aliphatic rings. The van der Waals surface area contributed by atoms with Crippen LogP contribution in [0.15, 0.2) is 65.6 Å². The molecule has 3 aromatic rings. The molecule has 2 aliphatic heterocycles. The third kappa shape index (κ3) is 3.34. The van der Waals surface area contributed by atoms with Crippen molar-refractivity contribution in [3.63, 3.8) is 0 Å². The van der Waals surface area contributed by atoms with Crippen molar-refractivity contribution in [2.75, 3.05) is 30.5 Å². The minimum Gasteiger partial charge on any atom is -0.302 e. The topological polar surface area (TPSA) is 40.6 Å². The van der Waals surface area contributed by atoms with Crippen LogP contribution < -0.4 is 4.31 Å². The van der Waals surface area contributed by atoms with Crippen molar-refractivity contribution in [2.45, 2.75) is 42.9 Å². The summed E-state index contributed by atoms with van der Waals surface area (Å²) in [5.41, 5.74) is 3.98. The second-order valence-electron chi connectivity index (χ2n) is 9.66. The molecular formula is C27H30N2O2S. The molecule has 6 rings (SSSR count). The molecule has 0 radical (unpaired) electrons. The SMILES string of the molecule is O=S1(=O)c2cccc3cccc(c23)N1CCN1CCC(CC2CCc3ccccc32)CC1. The lowest BCUT2D eigenvalue weighted by molar-refractivity contribution is 0.178. The predicted octanol–water partition coefficient (Wildman–Crippen LogP) is 5.18. The van der Waals surface area contributed by atoms with E-state index in [2.05, 4.69) is 29.2 Å². The van der Waals surface area contributed by atoms with Crippen LogP contribution in [0.4, 0.5) is 5.69 Å². The fourth-order valence-electron chi connectivity index (χ4n) is 6.17. The lowest BCUT2D eigenvalue weighted by Gasteiger charge is -2.34. The van der Waals surface area contributed by atoms with Crippen LogP contribution in [-0.4, -0.2) is 39.5 Å². The van der Waals surface area contributed by atoms with Gasteiger partial charge in [0.2, 0.25) is 0 Å². The van der Waals surface area contributed by atoms with Gasteiger partial charge in [-0.25, -0.2) is 8.42 Å². The standard InChI is InChI=1S/C27H30N2O2S/c30-32(31)26-10-4-7-22-6-3-9-25(27(22)26)29(32)18-17-28-15-13-20(14-16-28)19-23-12-11-21-5-1-2-8-24(21)23/h1-10,20,23H,11-19H2. The molecule has 0 saturated carbocycles. The largest absolute Gasteiger partial charge is 0.302 e. The number of hydrogen-bond donors (Lipinski definition) is 0. The molecule has 0 bridgehead atoms. The van der Waals surface area contributed by atoms with Gasteiger partial charge in [0.05, 0.1) is 10.6 Å². The van der Waals surface area contributed by atoms with E-state index < -0.39 is 10.0 Å². The van der Waals surface area contributed by atoms with Gasteiger partial charge in [0.15, 0.2) is 0 Å². The fourth-order valence-corrected chi connectivity index (χ4v) is 7.87. The van der Waals surface area contributed by atoms with E-state index in [1.54, 1.807) is 21.5 Å². The molecule has 1 fully saturated rings. The van der Waals surface area contributed by atoms with Crippen molar-refractivity contribution in [1.82, 2.24) is 4.90 Å². The molecule has 4 nitrogen and oxygen atoms in total. The first-order chi connectivity index (χ1) is 15.6. The van der Waals surface area contributed by atoms with Gasteiger partial charge in [-0.15, -0.1) is 0 Å². The predicted molar refractivity (Wildman–Crippen MR) is 130 cm³/mol. The average Bonchev–Trinajstić information content (AvgIpc) is 3.31. The van der Waals surface area contributed by atoms with Gasteiger partial charge >= 0.3 is 0 Å². The van der Waals surface area contributed by atoms with Crippen LogP contribution in [-0.2, 0) is 16.4 Å². The maximum absolute atomic E-state index is 13.2. The van der Waals surface area contributed by atoms with Gasteiger partial charge in [-0.1, -0.05) is 48.5 Å².